The molecule has 3 rings (SSSR count). The molecule has 0 saturated heterocycles. The summed E-state index contributed by atoms with van der Waals surface area (Å²) >= 11 is 12.7. The Labute approximate surface area is 197 Å². The monoisotopic (exact) mass is 471 g/mol. The Morgan fingerprint density at radius 1 is 0.812 bits per heavy atom. The molecule has 7 heteroatoms. The summed E-state index contributed by atoms with van der Waals surface area (Å²) in [5, 5.41) is 0.926. The second kappa shape index (κ2) is 11.0. The number of anilines is 1. The molecule has 1 amide bonds. The number of hydrogen-bond acceptors (Lipinski definition) is 4. The molecule has 0 unspecified atom stereocenters. The SMILES string of the molecule is CCOC(=O)c1ccc(N(Cc2c(Cl)cccc2Cl)C(=O)c2ccc(OCC)cc2)cc1. The number of halogens is 2. The van der Waals surface area contributed by atoms with Crippen LogP contribution in [0.2, 0.25) is 10.0 Å². The van der Waals surface area contributed by atoms with E-state index >= 15 is 0 Å². The quantitative estimate of drug-likeness (QED) is 0.355. The van der Waals surface area contributed by atoms with Crippen molar-refractivity contribution in [2.24, 2.45) is 0 Å². The van der Waals surface area contributed by atoms with Crippen molar-refractivity contribution in [3.63, 3.8) is 0 Å². The van der Waals surface area contributed by atoms with Gasteiger partial charge in [-0.1, -0.05) is 29.3 Å². The summed E-state index contributed by atoms with van der Waals surface area (Å²) in [6, 6.07) is 18.8. The third kappa shape index (κ3) is 5.61. The van der Waals surface area contributed by atoms with Gasteiger partial charge in [0, 0.05) is 26.9 Å². The zero-order valence-electron chi connectivity index (χ0n) is 17.8. The molecule has 0 aliphatic heterocycles. The molecule has 5 nitrogen and oxygen atoms in total. The summed E-state index contributed by atoms with van der Waals surface area (Å²) < 4.78 is 10.5. The average molecular weight is 472 g/mol. The lowest BCUT2D eigenvalue weighted by Crippen LogP contribution is -2.30. The van der Waals surface area contributed by atoms with Crippen molar-refractivity contribution in [3.8, 4) is 5.75 Å². The highest BCUT2D eigenvalue weighted by Gasteiger charge is 2.21. The van der Waals surface area contributed by atoms with Crippen molar-refractivity contribution in [1.82, 2.24) is 0 Å². The molecule has 0 aromatic heterocycles. The van der Waals surface area contributed by atoms with Gasteiger partial charge in [0.1, 0.15) is 5.75 Å². The number of amides is 1. The van der Waals surface area contributed by atoms with Gasteiger partial charge in [0.25, 0.3) is 5.91 Å². The number of hydrogen-bond donors (Lipinski definition) is 0. The van der Waals surface area contributed by atoms with Crippen LogP contribution in [0.1, 0.15) is 40.1 Å². The minimum absolute atomic E-state index is 0.156. The molecule has 0 atom stereocenters. The maximum absolute atomic E-state index is 13.5. The lowest BCUT2D eigenvalue weighted by atomic mass is 10.1. The molecular weight excluding hydrogens is 449 g/mol. The van der Waals surface area contributed by atoms with E-state index in [1.807, 2.05) is 6.92 Å². The van der Waals surface area contributed by atoms with Crippen LogP contribution in [0.25, 0.3) is 0 Å². The summed E-state index contributed by atoms with van der Waals surface area (Å²) in [4.78, 5) is 27.0. The Hall–Kier alpha value is -3.02. The van der Waals surface area contributed by atoms with E-state index in [4.69, 9.17) is 32.7 Å². The third-order valence-corrected chi connectivity index (χ3v) is 5.43. The number of esters is 1. The molecule has 3 aromatic rings. The van der Waals surface area contributed by atoms with Crippen LogP contribution in [0.5, 0.6) is 5.75 Å². The van der Waals surface area contributed by atoms with Gasteiger partial charge in [-0.3, -0.25) is 4.79 Å². The van der Waals surface area contributed by atoms with E-state index in [-0.39, 0.29) is 19.1 Å². The molecule has 0 aliphatic carbocycles. The molecule has 0 fully saturated rings. The first kappa shape index (κ1) is 23.6. The van der Waals surface area contributed by atoms with Gasteiger partial charge in [0.2, 0.25) is 0 Å². The van der Waals surface area contributed by atoms with Crippen molar-refractivity contribution < 1.29 is 19.1 Å². The van der Waals surface area contributed by atoms with Gasteiger partial charge in [-0.05, 0) is 74.5 Å². The van der Waals surface area contributed by atoms with Gasteiger partial charge in [-0.15, -0.1) is 0 Å². The van der Waals surface area contributed by atoms with Crippen molar-refractivity contribution >= 4 is 40.8 Å². The molecule has 0 aliphatic rings. The maximum atomic E-state index is 13.5. The highest BCUT2D eigenvalue weighted by molar-refractivity contribution is 6.36. The van der Waals surface area contributed by atoms with Crippen molar-refractivity contribution in [2.75, 3.05) is 18.1 Å². The van der Waals surface area contributed by atoms with Crippen LogP contribution in [0.15, 0.2) is 66.7 Å². The number of nitrogens with zero attached hydrogens (tertiary/aromatic N) is 1. The van der Waals surface area contributed by atoms with Crippen LogP contribution in [0, 0.1) is 0 Å². The van der Waals surface area contributed by atoms with Crippen molar-refractivity contribution in [1.29, 1.82) is 0 Å². The number of carbonyl (C=O) groups excluding carboxylic acids is 2. The highest BCUT2D eigenvalue weighted by Crippen LogP contribution is 2.29. The molecular formula is C25H23Cl2NO4. The summed E-state index contributed by atoms with van der Waals surface area (Å²) in [5.41, 5.74) is 2.10. The zero-order valence-corrected chi connectivity index (χ0v) is 19.3. The lowest BCUT2D eigenvalue weighted by Gasteiger charge is -2.24. The topological polar surface area (TPSA) is 55.8 Å². The minimum Gasteiger partial charge on any atom is -0.494 e. The Balaban J connectivity index is 1.97. The van der Waals surface area contributed by atoms with E-state index in [0.717, 1.165) is 0 Å². The summed E-state index contributed by atoms with van der Waals surface area (Å²) in [6.45, 7) is 4.62. The lowest BCUT2D eigenvalue weighted by molar-refractivity contribution is 0.0526. The standard InChI is InChI=1S/C25H23Cl2NO4/c1-3-31-20-14-10-17(11-15-20)24(29)28(16-21-22(26)6-5-7-23(21)27)19-12-8-18(9-13-19)25(30)32-4-2/h5-15H,3-4,16H2,1-2H3. The molecule has 0 spiro atoms. The van der Waals surface area contributed by atoms with E-state index in [0.29, 0.717) is 44.8 Å². The molecule has 0 heterocycles. The average Bonchev–Trinajstić information content (AvgIpc) is 2.80. The fraction of sp³-hybridized carbons (Fsp3) is 0.200. The van der Waals surface area contributed by atoms with Gasteiger partial charge in [-0.2, -0.15) is 0 Å². The fourth-order valence-electron chi connectivity index (χ4n) is 3.13. The predicted octanol–water partition coefficient (Wildman–Crippen LogP) is 6.42. The van der Waals surface area contributed by atoms with Crippen molar-refractivity contribution in [2.45, 2.75) is 20.4 Å². The van der Waals surface area contributed by atoms with E-state index in [9.17, 15) is 9.59 Å². The first-order chi connectivity index (χ1) is 15.4. The first-order valence-corrected chi connectivity index (χ1v) is 10.9. The van der Waals surface area contributed by atoms with Crippen LogP contribution >= 0.6 is 23.2 Å². The zero-order chi connectivity index (χ0) is 23.1. The van der Waals surface area contributed by atoms with Crippen LogP contribution in [0.4, 0.5) is 5.69 Å². The predicted molar refractivity (Wildman–Crippen MR) is 127 cm³/mol. The molecule has 3 aromatic carbocycles. The van der Waals surface area contributed by atoms with Crippen LogP contribution in [-0.4, -0.2) is 25.1 Å². The van der Waals surface area contributed by atoms with E-state index in [1.54, 1.807) is 78.6 Å². The fourth-order valence-corrected chi connectivity index (χ4v) is 3.65. The van der Waals surface area contributed by atoms with Gasteiger partial charge >= 0.3 is 5.97 Å². The number of benzene rings is 3. The summed E-state index contributed by atoms with van der Waals surface area (Å²) in [7, 11) is 0. The minimum atomic E-state index is -0.419. The highest BCUT2D eigenvalue weighted by atomic mass is 35.5. The molecule has 0 saturated carbocycles. The molecule has 32 heavy (non-hydrogen) atoms. The van der Waals surface area contributed by atoms with Crippen molar-refractivity contribution in [3.05, 3.63) is 93.5 Å². The molecule has 166 valence electrons. The van der Waals surface area contributed by atoms with Gasteiger partial charge in [-0.25, -0.2) is 4.79 Å². The Morgan fingerprint density at radius 3 is 1.97 bits per heavy atom. The Morgan fingerprint density at radius 2 is 1.41 bits per heavy atom. The van der Waals surface area contributed by atoms with Gasteiger partial charge < -0.3 is 14.4 Å². The van der Waals surface area contributed by atoms with E-state index in [2.05, 4.69) is 0 Å². The number of ether oxygens (including phenoxy) is 2. The normalized spacial score (nSPS) is 10.5. The second-order valence-corrected chi connectivity index (χ2v) is 7.63. The van der Waals surface area contributed by atoms with Crippen LogP contribution in [-0.2, 0) is 11.3 Å². The Bertz CT molecular complexity index is 1060. The largest absolute Gasteiger partial charge is 0.494 e. The number of carbonyl (C=O) groups is 2. The van der Waals surface area contributed by atoms with Crippen LogP contribution < -0.4 is 9.64 Å². The van der Waals surface area contributed by atoms with E-state index < -0.39 is 5.97 Å². The summed E-state index contributed by atoms with van der Waals surface area (Å²) in [5.74, 6) is 0.0223. The smallest absolute Gasteiger partial charge is 0.338 e. The summed E-state index contributed by atoms with van der Waals surface area (Å²) in [6.07, 6.45) is 0. The molecule has 0 bridgehead atoms. The Kier molecular flexibility index (Phi) is 8.14. The van der Waals surface area contributed by atoms with Crippen LogP contribution in [0.3, 0.4) is 0 Å². The number of rotatable bonds is 8. The molecule has 0 N–H and O–H groups in total. The molecule has 0 radical (unpaired) electrons. The second-order valence-electron chi connectivity index (χ2n) is 6.82. The third-order valence-electron chi connectivity index (χ3n) is 4.73. The maximum Gasteiger partial charge on any atom is 0.338 e. The van der Waals surface area contributed by atoms with E-state index in [1.165, 1.54) is 0 Å². The van der Waals surface area contributed by atoms with Gasteiger partial charge in [0.05, 0.1) is 25.3 Å². The first-order valence-electron chi connectivity index (χ1n) is 10.2. The van der Waals surface area contributed by atoms with Gasteiger partial charge in [0.15, 0.2) is 0 Å².